The number of thiazole rings is 1. The van der Waals surface area contributed by atoms with Crippen LogP contribution in [0, 0.1) is 6.92 Å². The molecule has 94 valence electrons. The van der Waals surface area contributed by atoms with Crippen LogP contribution in [0.2, 0.25) is 0 Å². The molecule has 0 spiro atoms. The summed E-state index contributed by atoms with van der Waals surface area (Å²) in [4.78, 5) is 11.5. The molecule has 18 heavy (non-hydrogen) atoms. The Balaban J connectivity index is 1.78. The van der Waals surface area contributed by atoms with Crippen molar-refractivity contribution < 1.29 is 0 Å². The molecule has 1 atom stereocenters. The van der Waals surface area contributed by atoms with E-state index in [2.05, 4.69) is 32.4 Å². The van der Waals surface area contributed by atoms with Gasteiger partial charge in [-0.1, -0.05) is 6.07 Å². The van der Waals surface area contributed by atoms with Gasteiger partial charge in [0, 0.05) is 36.3 Å². The Labute approximate surface area is 112 Å². The fourth-order valence-electron chi connectivity index (χ4n) is 2.53. The van der Waals surface area contributed by atoms with Crippen molar-refractivity contribution in [2.75, 3.05) is 18.0 Å². The van der Waals surface area contributed by atoms with Gasteiger partial charge in [-0.2, -0.15) is 0 Å². The van der Waals surface area contributed by atoms with Gasteiger partial charge in [-0.05, 0) is 31.9 Å². The van der Waals surface area contributed by atoms with Crippen LogP contribution in [0.15, 0.2) is 29.8 Å². The summed E-state index contributed by atoms with van der Waals surface area (Å²) in [6, 6.07) is 6.24. The lowest BCUT2D eigenvalue weighted by Crippen LogP contribution is -2.34. The summed E-state index contributed by atoms with van der Waals surface area (Å²) in [6.45, 7) is 4.20. The Bertz CT molecular complexity index is 510. The molecule has 0 radical (unpaired) electrons. The number of nitrogens with zero attached hydrogens (tertiary/aromatic N) is 3. The van der Waals surface area contributed by atoms with Gasteiger partial charge in [0.05, 0.1) is 5.01 Å². The van der Waals surface area contributed by atoms with Gasteiger partial charge in [0.1, 0.15) is 5.82 Å². The summed E-state index contributed by atoms with van der Waals surface area (Å²) in [5.41, 5.74) is 1.09. The molecule has 4 heteroatoms. The predicted molar refractivity (Wildman–Crippen MR) is 75.3 cm³/mol. The minimum atomic E-state index is 0.570. The number of aromatic nitrogens is 2. The molecule has 0 N–H and O–H groups in total. The van der Waals surface area contributed by atoms with E-state index in [0.29, 0.717) is 5.92 Å². The van der Waals surface area contributed by atoms with Crippen molar-refractivity contribution in [1.82, 2.24) is 9.97 Å². The second-order valence-corrected chi connectivity index (χ2v) is 5.72. The minimum Gasteiger partial charge on any atom is -0.356 e. The van der Waals surface area contributed by atoms with Crippen molar-refractivity contribution in [1.29, 1.82) is 0 Å². The first kappa shape index (κ1) is 11.7. The van der Waals surface area contributed by atoms with Gasteiger partial charge in [-0.15, -0.1) is 11.3 Å². The molecule has 2 aromatic rings. The molecule has 3 heterocycles. The van der Waals surface area contributed by atoms with E-state index < -0.39 is 0 Å². The normalized spacial score (nSPS) is 20.1. The molecule has 0 aliphatic carbocycles. The van der Waals surface area contributed by atoms with Crippen molar-refractivity contribution in [2.24, 2.45) is 0 Å². The Kier molecular flexibility index (Phi) is 3.28. The highest BCUT2D eigenvalue weighted by Crippen LogP contribution is 2.30. The van der Waals surface area contributed by atoms with E-state index in [-0.39, 0.29) is 0 Å². The number of aryl methyl sites for hydroxylation is 1. The van der Waals surface area contributed by atoms with Gasteiger partial charge in [-0.3, -0.25) is 0 Å². The first-order valence-electron chi connectivity index (χ1n) is 6.41. The Morgan fingerprint density at radius 2 is 2.33 bits per heavy atom. The summed E-state index contributed by atoms with van der Waals surface area (Å²) in [5.74, 6) is 1.68. The van der Waals surface area contributed by atoms with Gasteiger partial charge >= 0.3 is 0 Å². The number of hydrogen-bond acceptors (Lipinski definition) is 4. The van der Waals surface area contributed by atoms with Crippen molar-refractivity contribution in [3.05, 3.63) is 40.5 Å². The molecule has 2 aromatic heterocycles. The van der Waals surface area contributed by atoms with Gasteiger partial charge in [0.15, 0.2) is 0 Å². The zero-order valence-electron chi connectivity index (χ0n) is 10.5. The molecule has 0 aromatic carbocycles. The van der Waals surface area contributed by atoms with Crippen LogP contribution < -0.4 is 4.90 Å². The third kappa shape index (κ3) is 2.38. The second kappa shape index (κ2) is 5.06. The molecule has 0 saturated carbocycles. The third-order valence-electron chi connectivity index (χ3n) is 3.42. The van der Waals surface area contributed by atoms with E-state index in [1.807, 2.05) is 19.2 Å². The van der Waals surface area contributed by atoms with Gasteiger partial charge in [-0.25, -0.2) is 9.97 Å². The topological polar surface area (TPSA) is 29.0 Å². The van der Waals surface area contributed by atoms with Crippen molar-refractivity contribution in [2.45, 2.75) is 25.7 Å². The zero-order valence-corrected chi connectivity index (χ0v) is 11.4. The van der Waals surface area contributed by atoms with Crippen LogP contribution in [0.25, 0.3) is 0 Å². The molecule has 1 fully saturated rings. The fourth-order valence-corrected chi connectivity index (χ4v) is 3.30. The molecule has 3 nitrogen and oxygen atoms in total. The monoisotopic (exact) mass is 259 g/mol. The first-order valence-corrected chi connectivity index (χ1v) is 7.29. The van der Waals surface area contributed by atoms with E-state index in [0.717, 1.165) is 24.6 Å². The van der Waals surface area contributed by atoms with Crippen LogP contribution in [0.4, 0.5) is 5.82 Å². The highest BCUT2D eigenvalue weighted by atomic mass is 32.1. The molecular weight excluding hydrogens is 242 g/mol. The maximum Gasteiger partial charge on any atom is 0.128 e. The lowest BCUT2D eigenvalue weighted by molar-refractivity contribution is 0.505. The van der Waals surface area contributed by atoms with E-state index in [9.17, 15) is 0 Å². The highest BCUT2D eigenvalue weighted by Gasteiger charge is 2.23. The average Bonchev–Trinajstić information content (AvgIpc) is 2.93. The summed E-state index contributed by atoms with van der Waals surface area (Å²) >= 11 is 1.77. The van der Waals surface area contributed by atoms with Gasteiger partial charge in [0.2, 0.25) is 0 Å². The molecule has 0 amide bonds. The van der Waals surface area contributed by atoms with E-state index >= 15 is 0 Å². The maximum absolute atomic E-state index is 4.62. The largest absolute Gasteiger partial charge is 0.356 e. The van der Waals surface area contributed by atoms with E-state index in [4.69, 9.17) is 0 Å². The van der Waals surface area contributed by atoms with Crippen LogP contribution in [-0.2, 0) is 0 Å². The summed E-state index contributed by atoms with van der Waals surface area (Å²) < 4.78 is 0. The van der Waals surface area contributed by atoms with E-state index in [1.165, 1.54) is 17.8 Å². The SMILES string of the molecule is Cc1cccc(N2CCC[C@H](c3nccs3)C2)n1. The smallest absolute Gasteiger partial charge is 0.128 e. The lowest BCUT2D eigenvalue weighted by Gasteiger charge is -2.32. The zero-order chi connectivity index (χ0) is 12.4. The molecule has 3 rings (SSSR count). The number of anilines is 1. The lowest BCUT2D eigenvalue weighted by atomic mass is 9.99. The van der Waals surface area contributed by atoms with E-state index in [1.54, 1.807) is 11.3 Å². The molecule has 0 bridgehead atoms. The first-order chi connectivity index (χ1) is 8.83. The van der Waals surface area contributed by atoms with Crippen LogP contribution in [0.5, 0.6) is 0 Å². The number of hydrogen-bond donors (Lipinski definition) is 0. The van der Waals surface area contributed by atoms with Gasteiger partial charge in [0.25, 0.3) is 0 Å². The molecule has 1 aliphatic rings. The summed E-state index contributed by atoms with van der Waals surface area (Å²) in [5, 5.41) is 3.34. The molecule has 0 unspecified atom stereocenters. The summed E-state index contributed by atoms with van der Waals surface area (Å²) in [7, 11) is 0. The standard InChI is InChI=1S/C14H17N3S/c1-11-4-2-6-13(16-11)17-8-3-5-12(10-17)14-15-7-9-18-14/h2,4,6-7,9,12H,3,5,8,10H2,1H3/t12-/m0/s1. The fraction of sp³-hybridized carbons (Fsp3) is 0.429. The van der Waals surface area contributed by atoms with Crippen LogP contribution in [0.1, 0.15) is 29.5 Å². The molecule has 1 saturated heterocycles. The molecular formula is C14H17N3S. The van der Waals surface area contributed by atoms with Crippen LogP contribution in [-0.4, -0.2) is 23.1 Å². The van der Waals surface area contributed by atoms with Crippen LogP contribution >= 0.6 is 11.3 Å². The minimum absolute atomic E-state index is 0.570. The van der Waals surface area contributed by atoms with Crippen molar-refractivity contribution in [3.8, 4) is 0 Å². The van der Waals surface area contributed by atoms with Crippen LogP contribution in [0.3, 0.4) is 0 Å². The van der Waals surface area contributed by atoms with Crippen molar-refractivity contribution >= 4 is 17.2 Å². The van der Waals surface area contributed by atoms with Gasteiger partial charge < -0.3 is 4.90 Å². The average molecular weight is 259 g/mol. The highest BCUT2D eigenvalue weighted by molar-refractivity contribution is 7.09. The number of piperidine rings is 1. The number of pyridine rings is 1. The van der Waals surface area contributed by atoms with Crippen molar-refractivity contribution in [3.63, 3.8) is 0 Å². The second-order valence-electron chi connectivity index (χ2n) is 4.79. The predicted octanol–water partition coefficient (Wildman–Crippen LogP) is 3.23. The Morgan fingerprint density at radius 3 is 3.11 bits per heavy atom. The molecule has 1 aliphatic heterocycles. The quantitative estimate of drug-likeness (QED) is 0.829. The number of rotatable bonds is 2. The maximum atomic E-state index is 4.62. The third-order valence-corrected chi connectivity index (χ3v) is 4.36. The Morgan fingerprint density at radius 1 is 1.39 bits per heavy atom. The summed E-state index contributed by atoms with van der Waals surface area (Å²) in [6.07, 6.45) is 4.37. The Hall–Kier alpha value is -1.42.